The molecule has 0 spiro atoms. The van der Waals surface area contributed by atoms with E-state index in [-0.39, 0.29) is 0 Å². The molecule has 0 aromatic heterocycles. The van der Waals surface area contributed by atoms with Gasteiger partial charge in [0.25, 0.3) is 5.57 Å². The Labute approximate surface area is 57.8 Å². The molecule has 0 nitrogen and oxygen atoms in total. The van der Waals surface area contributed by atoms with Crippen LogP contribution in [0, 0.1) is 0 Å². The van der Waals surface area contributed by atoms with E-state index in [1.54, 1.807) is 0 Å². The summed E-state index contributed by atoms with van der Waals surface area (Å²) in [5.74, 6) is 0. The van der Waals surface area contributed by atoms with Crippen LogP contribution in [0.5, 0.6) is 0 Å². The van der Waals surface area contributed by atoms with Gasteiger partial charge < -0.3 is 0 Å². The van der Waals surface area contributed by atoms with E-state index < -0.39 is 25.8 Å². The second kappa shape index (κ2) is 2.28. The van der Waals surface area contributed by atoms with Crippen LogP contribution in [0.25, 0.3) is 0 Å². The molecule has 0 aliphatic carbocycles. The quantitative estimate of drug-likeness (QED) is 0.392. The van der Waals surface area contributed by atoms with Gasteiger partial charge in [0.15, 0.2) is 7.85 Å². The maximum absolute atomic E-state index is 11.9. The molecule has 0 saturated heterocycles. The Morgan fingerprint density at radius 1 is 0.636 bits per heavy atom. The molecule has 0 aromatic rings. The molecule has 66 valence electrons. The number of halogens is 7. The lowest BCUT2D eigenvalue weighted by Crippen LogP contribution is -2.53. The predicted molar refractivity (Wildman–Crippen MR) is 24.5 cm³/mol. The lowest BCUT2D eigenvalue weighted by Gasteiger charge is -2.25. The summed E-state index contributed by atoms with van der Waals surface area (Å²) in [6.07, 6.45) is -11.8. The summed E-state index contributed by atoms with van der Waals surface area (Å²) < 4.78 is 79.3. The van der Waals surface area contributed by atoms with Gasteiger partial charge in [0, 0.05) is 0 Å². The Morgan fingerprint density at radius 3 is 0.818 bits per heavy atom. The van der Waals surface area contributed by atoms with E-state index in [1.165, 1.54) is 0 Å². The molecule has 0 fully saturated rings. The first kappa shape index (κ1) is 10.6. The Kier molecular flexibility index (Phi) is 2.19. The zero-order valence-electron chi connectivity index (χ0n) is 5.15. The van der Waals surface area contributed by atoms with Crippen LogP contribution >= 0.6 is 0 Å². The molecule has 0 atom stereocenters. The fourth-order valence-electron chi connectivity index (χ4n) is 0.161. The lowest BCUT2D eigenvalue weighted by atomic mass is 9.82. The standard InChI is InChI=1S/C3H2BF7/c4-1(5,2(6,7)8)3(9,10)11/h4H2. The minimum absolute atomic E-state index is 0.562. The van der Waals surface area contributed by atoms with Crippen LogP contribution in [-0.4, -0.2) is 25.8 Å². The monoisotopic (exact) mass is 182 g/mol. The molecule has 0 aliphatic rings. The van der Waals surface area contributed by atoms with Gasteiger partial charge in [-0.3, -0.25) is 0 Å². The molecule has 0 N–H and O–H groups in total. The van der Waals surface area contributed by atoms with Crippen LogP contribution < -0.4 is 0 Å². The van der Waals surface area contributed by atoms with Gasteiger partial charge in [-0.15, -0.1) is 0 Å². The molecule has 0 rings (SSSR count). The van der Waals surface area contributed by atoms with Crippen molar-refractivity contribution < 1.29 is 30.7 Å². The molecular weight excluding hydrogens is 180 g/mol. The highest BCUT2D eigenvalue weighted by Crippen LogP contribution is 2.43. The van der Waals surface area contributed by atoms with Gasteiger partial charge in [-0.05, 0) is 0 Å². The minimum Gasteiger partial charge on any atom is -0.234 e. The molecule has 0 amide bonds. The number of hydrogen-bond acceptors (Lipinski definition) is 0. The van der Waals surface area contributed by atoms with Crippen LogP contribution in [0.4, 0.5) is 30.7 Å². The van der Waals surface area contributed by atoms with Gasteiger partial charge >= 0.3 is 12.4 Å². The highest BCUT2D eigenvalue weighted by Gasteiger charge is 2.68. The summed E-state index contributed by atoms with van der Waals surface area (Å²) in [5.41, 5.74) is -5.12. The smallest absolute Gasteiger partial charge is 0.234 e. The average molecular weight is 182 g/mol. The third-order valence-corrected chi connectivity index (χ3v) is 1.06. The van der Waals surface area contributed by atoms with E-state index in [1.807, 2.05) is 0 Å². The summed E-state index contributed by atoms with van der Waals surface area (Å²) in [6.45, 7) is 0. The first-order chi connectivity index (χ1) is 4.50. The van der Waals surface area contributed by atoms with E-state index in [9.17, 15) is 30.7 Å². The van der Waals surface area contributed by atoms with Crippen molar-refractivity contribution in [2.24, 2.45) is 0 Å². The first-order valence-corrected chi connectivity index (χ1v) is 2.32. The molecule has 0 saturated carbocycles. The highest BCUT2D eigenvalue weighted by atomic mass is 19.4. The largest absolute Gasteiger partial charge is 0.422 e. The molecular formula is C3H2BF7. The molecule has 8 heteroatoms. The number of hydrogen-bond donors (Lipinski definition) is 0. The van der Waals surface area contributed by atoms with E-state index >= 15 is 0 Å². The topological polar surface area (TPSA) is 0 Å². The fourth-order valence-corrected chi connectivity index (χ4v) is 0.161. The zero-order chi connectivity index (χ0) is 9.50. The van der Waals surface area contributed by atoms with E-state index in [2.05, 4.69) is 0 Å². The molecule has 0 radical (unpaired) electrons. The van der Waals surface area contributed by atoms with Crippen molar-refractivity contribution in [2.45, 2.75) is 17.9 Å². The van der Waals surface area contributed by atoms with Gasteiger partial charge in [0.05, 0.1) is 0 Å². The van der Waals surface area contributed by atoms with Gasteiger partial charge in [-0.1, -0.05) is 0 Å². The molecule has 0 heterocycles. The van der Waals surface area contributed by atoms with E-state index in [0.29, 0.717) is 0 Å². The summed E-state index contributed by atoms with van der Waals surface area (Å²) in [7, 11) is -0.562. The highest BCUT2D eigenvalue weighted by molar-refractivity contribution is 6.15. The molecule has 0 unspecified atom stereocenters. The average Bonchev–Trinajstić information content (AvgIpc) is 1.58. The predicted octanol–water partition coefficient (Wildman–Crippen LogP) is 1.41. The summed E-state index contributed by atoms with van der Waals surface area (Å²) in [5, 5.41) is 0. The van der Waals surface area contributed by atoms with Gasteiger partial charge in [0.2, 0.25) is 0 Å². The second-order valence-electron chi connectivity index (χ2n) is 2.00. The van der Waals surface area contributed by atoms with Gasteiger partial charge in [-0.25, -0.2) is 4.39 Å². The normalized spacial score (nSPS) is 15.2. The maximum atomic E-state index is 11.9. The summed E-state index contributed by atoms with van der Waals surface area (Å²) in [6, 6.07) is 0. The van der Waals surface area contributed by atoms with Crippen molar-refractivity contribution in [1.82, 2.24) is 0 Å². The second-order valence-corrected chi connectivity index (χ2v) is 2.00. The van der Waals surface area contributed by atoms with Crippen molar-refractivity contribution in [3.05, 3.63) is 0 Å². The van der Waals surface area contributed by atoms with Crippen molar-refractivity contribution in [2.75, 3.05) is 0 Å². The third kappa shape index (κ3) is 1.78. The van der Waals surface area contributed by atoms with Crippen LogP contribution in [0.15, 0.2) is 0 Å². The van der Waals surface area contributed by atoms with Gasteiger partial charge in [0.1, 0.15) is 0 Å². The first-order valence-electron chi connectivity index (χ1n) is 2.32. The van der Waals surface area contributed by atoms with Crippen LogP contribution in [0.2, 0.25) is 0 Å². The van der Waals surface area contributed by atoms with Crippen LogP contribution in [0.1, 0.15) is 0 Å². The minimum atomic E-state index is -5.91. The van der Waals surface area contributed by atoms with Crippen molar-refractivity contribution >= 4 is 7.85 Å². The van der Waals surface area contributed by atoms with Crippen molar-refractivity contribution in [3.63, 3.8) is 0 Å². The third-order valence-electron chi connectivity index (χ3n) is 1.06. The van der Waals surface area contributed by atoms with Crippen molar-refractivity contribution in [1.29, 1.82) is 0 Å². The molecule has 0 aromatic carbocycles. The fraction of sp³-hybridized carbons (Fsp3) is 1.00. The van der Waals surface area contributed by atoms with Crippen LogP contribution in [-0.2, 0) is 0 Å². The summed E-state index contributed by atoms with van der Waals surface area (Å²) >= 11 is 0. The molecule has 0 bridgehead atoms. The zero-order valence-corrected chi connectivity index (χ0v) is 5.15. The molecule has 0 aliphatic heterocycles. The van der Waals surface area contributed by atoms with Gasteiger partial charge in [-0.2, -0.15) is 26.3 Å². The SMILES string of the molecule is BC(F)(C(F)(F)F)C(F)(F)F. The number of rotatable bonds is 0. The number of alkyl halides is 7. The lowest BCUT2D eigenvalue weighted by molar-refractivity contribution is -0.307. The Hall–Kier alpha value is -0.425. The van der Waals surface area contributed by atoms with Crippen LogP contribution in [0.3, 0.4) is 0 Å². The van der Waals surface area contributed by atoms with E-state index in [4.69, 9.17) is 0 Å². The van der Waals surface area contributed by atoms with Crippen molar-refractivity contribution in [3.8, 4) is 0 Å². The molecule has 11 heavy (non-hydrogen) atoms. The maximum Gasteiger partial charge on any atom is 0.422 e. The Morgan fingerprint density at radius 2 is 0.818 bits per heavy atom. The van der Waals surface area contributed by atoms with E-state index in [0.717, 1.165) is 0 Å². The Bertz CT molecular complexity index is 125. The Balaban J connectivity index is 4.75. The summed E-state index contributed by atoms with van der Waals surface area (Å²) in [4.78, 5) is 0.